The van der Waals surface area contributed by atoms with Gasteiger partial charge in [0.15, 0.2) is 0 Å². The van der Waals surface area contributed by atoms with Gasteiger partial charge in [0.1, 0.15) is 0 Å². The van der Waals surface area contributed by atoms with Gasteiger partial charge in [0.25, 0.3) is 0 Å². The Morgan fingerprint density at radius 1 is 0.636 bits per heavy atom. The van der Waals surface area contributed by atoms with Crippen molar-refractivity contribution in [2.75, 3.05) is 14.1 Å². The molecule has 2 aromatic rings. The van der Waals surface area contributed by atoms with Crippen LogP contribution in [0.5, 0.6) is 0 Å². The van der Waals surface area contributed by atoms with Crippen LogP contribution in [0.1, 0.15) is 25.0 Å². The van der Waals surface area contributed by atoms with Gasteiger partial charge in [-0.2, -0.15) is 0 Å². The van der Waals surface area contributed by atoms with E-state index in [9.17, 15) is 0 Å². The molecule has 2 nitrogen and oxygen atoms in total. The number of likely N-dealkylation sites (N-methyl/N-ethyl adjacent to an activating group) is 2. The number of nitrogens with one attached hydrogen (secondary N) is 2. The van der Waals surface area contributed by atoms with E-state index < -0.39 is 0 Å². The van der Waals surface area contributed by atoms with Crippen molar-refractivity contribution in [3.8, 4) is 0 Å². The normalized spacial score (nSPS) is 12.9. The summed E-state index contributed by atoms with van der Waals surface area (Å²) in [5.74, 6) is 0. The van der Waals surface area contributed by atoms with Crippen LogP contribution in [0.3, 0.4) is 0 Å². The minimum Gasteiger partial charge on any atom is -0.317 e. The van der Waals surface area contributed by atoms with Crippen LogP contribution in [0, 0.1) is 0 Å². The molecule has 22 heavy (non-hydrogen) atoms. The van der Waals surface area contributed by atoms with Crippen LogP contribution < -0.4 is 10.6 Å². The number of benzene rings is 2. The smallest absolute Gasteiger partial charge is 0.00761 e. The fraction of sp³-hybridized carbons (Fsp3) is 0.400. The summed E-state index contributed by atoms with van der Waals surface area (Å²) in [7, 11) is 3.99. The summed E-state index contributed by atoms with van der Waals surface area (Å²) in [6.07, 6.45) is 2.22. The number of rotatable bonds is 6. The van der Waals surface area contributed by atoms with Gasteiger partial charge in [0.2, 0.25) is 0 Å². The molecule has 2 atom stereocenters. The van der Waals surface area contributed by atoms with Crippen molar-refractivity contribution in [2.24, 2.45) is 0 Å². The van der Waals surface area contributed by atoms with Gasteiger partial charge in [-0.05, 0) is 51.9 Å². The van der Waals surface area contributed by atoms with Gasteiger partial charge in [-0.15, -0.1) is 0 Å². The van der Waals surface area contributed by atoms with Gasteiger partial charge in [0, 0.05) is 12.1 Å². The fourth-order valence-electron chi connectivity index (χ4n) is 2.14. The van der Waals surface area contributed by atoms with Crippen molar-refractivity contribution in [2.45, 2.75) is 38.8 Å². The van der Waals surface area contributed by atoms with Crippen molar-refractivity contribution >= 4 is 0 Å². The van der Waals surface area contributed by atoms with Crippen LogP contribution in [-0.4, -0.2) is 26.2 Å². The Labute approximate surface area is 136 Å². The van der Waals surface area contributed by atoms with E-state index in [0.29, 0.717) is 12.1 Å². The molecule has 0 saturated carbocycles. The molecule has 0 fully saturated rings. The topological polar surface area (TPSA) is 24.1 Å². The van der Waals surface area contributed by atoms with E-state index in [2.05, 4.69) is 73.0 Å². The second-order valence-electron chi connectivity index (χ2n) is 5.76. The van der Waals surface area contributed by atoms with Crippen LogP contribution in [0.4, 0.5) is 0 Å². The van der Waals surface area contributed by atoms with Crippen LogP contribution >= 0.6 is 0 Å². The third-order valence-electron chi connectivity index (χ3n) is 3.76. The molecule has 2 heteroatoms. The number of hydrogen-bond acceptors (Lipinski definition) is 2. The molecule has 0 saturated heterocycles. The van der Waals surface area contributed by atoms with Gasteiger partial charge >= 0.3 is 0 Å². The minimum atomic E-state index is 0.567. The second kappa shape index (κ2) is 11.0. The van der Waals surface area contributed by atoms with Gasteiger partial charge in [-0.1, -0.05) is 60.7 Å². The Morgan fingerprint density at radius 2 is 0.955 bits per heavy atom. The molecule has 0 aliphatic heterocycles. The summed E-state index contributed by atoms with van der Waals surface area (Å²) < 4.78 is 0. The van der Waals surface area contributed by atoms with Crippen molar-refractivity contribution < 1.29 is 0 Å². The predicted molar refractivity (Wildman–Crippen MR) is 97.3 cm³/mol. The van der Waals surface area contributed by atoms with E-state index in [-0.39, 0.29) is 0 Å². The SMILES string of the molecule is CNC(C)Cc1ccccc1.CN[C@@H](C)Cc1ccccc1. The van der Waals surface area contributed by atoms with E-state index >= 15 is 0 Å². The maximum atomic E-state index is 3.21. The van der Waals surface area contributed by atoms with E-state index in [1.54, 1.807) is 0 Å². The first kappa shape index (κ1) is 18.4. The van der Waals surface area contributed by atoms with Crippen molar-refractivity contribution in [3.05, 3.63) is 71.8 Å². The molecule has 2 aromatic carbocycles. The third kappa shape index (κ3) is 7.96. The molecule has 0 radical (unpaired) electrons. The highest BCUT2D eigenvalue weighted by atomic mass is 14.8. The summed E-state index contributed by atoms with van der Waals surface area (Å²) in [4.78, 5) is 0. The molecule has 0 amide bonds. The fourth-order valence-corrected chi connectivity index (χ4v) is 2.14. The Balaban J connectivity index is 0.000000220. The Bertz CT molecular complexity index is 434. The maximum Gasteiger partial charge on any atom is 0.00761 e. The molecule has 0 spiro atoms. The van der Waals surface area contributed by atoms with Gasteiger partial charge in [0.05, 0.1) is 0 Å². The third-order valence-corrected chi connectivity index (χ3v) is 3.76. The Kier molecular flexibility index (Phi) is 9.20. The van der Waals surface area contributed by atoms with E-state index in [4.69, 9.17) is 0 Å². The lowest BCUT2D eigenvalue weighted by Crippen LogP contribution is -2.23. The highest BCUT2D eigenvalue weighted by Crippen LogP contribution is 2.02. The molecule has 1 unspecified atom stereocenters. The second-order valence-corrected chi connectivity index (χ2v) is 5.76. The lowest BCUT2D eigenvalue weighted by atomic mass is 10.1. The average Bonchev–Trinajstić information content (AvgIpc) is 2.57. The molecule has 0 aliphatic rings. The van der Waals surface area contributed by atoms with Crippen molar-refractivity contribution in [1.82, 2.24) is 10.6 Å². The van der Waals surface area contributed by atoms with Crippen LogP contribution in [0.2, 0.25) is 0 Å². The molecule has 2 N–H and O–H groups in total. The summed E-state index contributed by atoms with van der Waals surface area (Å²) in [6, 6.07) is 22.2. The summed E-state index contributed by atoms with van der Waals surface area (Å²) in [5.41, 5.74) is 2.80. The lowest BCUT2D eigenvalue weighted by Gasteiger charge is -2.08. The zero-order valence-electron chi connectivity index (χ0n) is 14.3. The van der Waals surface area contributed by atoms with Gasteiger partial charge < -0.3 is 10.6 Å². The first-order chi connectivity index (χ1) is 10.7. The molecular weight excluding hydrogens is 268 g/mol. The highest BCUT2D eigenvalue weighted by molar-refractivity contribution is 5.16. The van der Waals surface area contributed by atoms with Crippen molar-refractivity contribution in [3.63, 3.8) is 0 Å². The summed E-state index contributed by atoms with van der Waals surface area (Å²) >= 11 is 0. The highest BCUT2D eigenvalue weighted by Gasteiger charge is 1.98. The zero-order chi connectivity index (χ0) is 16.2. The van der Waals surface area contributed by atoms with Crippen LogP contribution in [0.25, 0.3) is 0 Å². The predicted octanol–water partition coefficient (Wildman–Crippen LogP) is 3.67. The van der Waals surface area contributed by atoms with E-state index in [0.717, 1.165) is 12.8 Å². The molecule has 0 bridgehead atoms. The molecule has 120 valence electrons. The largest absolute Gasteiger partial charge is 0.317 e. The molecule has 0 heterocycles. The standard InChI is InChI=1S/2C10H15N/c2*1-9(11-2)8-10-6-4-3-5-7-10/h2*3-7,9,11H,8H2,1-2H3/t9-;/m0./s1. The van der Waals surface area contributed by atoms with Crippen molar-refractivity contribution in [1.29, 1.82) is 0 Å². The van der Waals surface area contributed by atoms with Gasteiger partial charge in [-0.3, -0.25) is 0 Å². The quantitative estimate of drug-likeness (QED) is 0.850. The first-order valence-corrected chi connectivity index (χ1v) is 8.08. The van der Waals surface area contributed by atoms with E-state index in [1.165, 1.54) is 11.1 Å². The lowest BCUT2D eigenvalue weighted by molar-refractivity contribution is 0.608. The maximum absolute atomic E-state index is 3.21. The Hall–Kier alpha value is -1.64. The van der Waals surface area contributed by atoms with Crippen LogP contribution in [-0.2, 0) is 12.8 Å². The van der Waals surface area contributed by atoms with Gasteiger partial charge in [-0.25, -0.2) is 0 Å². The number of hydrogen-bond donors (Lipinski definition) is 2. The zero-order valence-corrected chi connectivity index (χ0v) is 14.3. The van der Waals surface area contributed by atoms with Crippen LogP contribution in [0.15, 0.2) is 60.7 Å². The molecule has 0 aromatic heterocycles. The average molecular weight is 298 g/mol. The first-order valence-electron chi connectivity index (χ1n) is 8.08. The summed E-state index contributed by atoms with van der Waals surface area (Å²) in [6.45, 7) is 4.38. The molecule has 0 aliphatic carbocycles. The van der Waals surface area contributed by atoms with E-state index in [1.807, 2.05) is 26.2 Å². The minimum absolute atomic E-state index is 0.567. The molecular formula is C20H30N2. The monoisotopic (exact) mass is 298 g/mol. The molecule has 2 rings (SSSR count). The summed E-state index contributed by atoms with van der Waals surface area (Å²) in [5, 5.41) is 6.43. The Morgan fingerprint density at radius 3 is 1.23 bits per heavy atom.